The molecule has 10 nitrogen and oxygen atoms in total. The number of nitrogens with one attached hydrogen (secondary N) is 1. The van der Waals surface area contributed by atoms with E-state index in [4.69, 9.17) is 9.15 Å². The molecule has 0 amide bonds. The molecule has 186 valence electrons. The first kappa shape index (κ1) is 23.0. The predicted octanol–water partition coefficient (Wildman–Crippen LogP) is 3.08. The van der Waals surface area contributed by atoms with E-state index in [1.54, 1.807) is 23.2 Å². The van der Waals surface area contributed by atoms with Crippen molar-refractivity contribution in [2.75, 3.05) is 59.6 Å². The quantitative estimate of drug-likeness (QED) is 0.416. The van der Waals surface area contributed by atoms with E-state index in [-0.39, 0.29) is 17.1 Å². The SMILES string of the molecule is O=c1cc(N2CCOCC2)oc2c(-c3ccc(Nc4nccc(N5CCS(=O)(=O)C5)n4)cc3)csc12. The van der Waals surface area contributed by atoms with Crippen LogP contribution in [0.4, 0.5) is 23.3 Å². The van der Waals surface area contributed by atoms with Gasteiger partial charge < -0.3 is 24.3 Å². The van der Waals surface area contributed by atoms with Crippen molar-refractivity contribution in [1.82, 2.24) is 9.97 Å². The van der Waals surface area contributed by atoms with E-state index in [1.807, 2.05) is 34.5 Å². The fraction of sp³-hybridized carbons (Fsp3) is 0.292. The Morgan fingerprint density at radius 2 is 1.83 bits per heavy atom. The maximum atomic E-state index is 12.7. The minimum Gasteiger partial charge on any atom is -0.439 e. The number of ether oxygens (including phenoxy) is 1. The largest absolute Gasteiger partial charge is 0.439 e. The standard InChI is InChI=1S/C24H23N5O5S2/c30-19-13-21(28-7-10-33-11-8-28)34-22-18(14-35-23(19)22)16-1-3-17(4-2-16)26-24-25-6-5-20(27-24)29-9-12-36(31,32)15-29/h1-6,13-14H,7-12,15H2,(H,25,26,27). The lowest BCUT2D eigenvalue weighted by Crippen LogP contribution is -2.36. The van der Waals surface area contributed by atoms with Gasteiger partial charge in [-0.2, -0.15) is 4.98 Å². The fourth-order valence-electron chi connectivity index (χ4n) is 4.31. The molecule has 5 heterocycles. The minimum absolute atomic E-state index is 0.0316. The first-order chi connectivity index (χ1) is 17.4. The van der Waals surface area contributed by atoms with Gasteiger partial charge in [-0.3, -0.25) is 4.79 Å². The molecule has 3 aromatic heterocycles. The number of fused-ring (bicyclic) bond motifs is 1. The molecule has 12 heteroatoms. The maximum Gasteiger partial charge on any atom is 0.229 e. The summed E-state index contributed by atoms with van der Waals surface area (Å²) in [5, 5.41) is 5.11. The molecule has 2 aliphatic rings. The van der Waals surface area contributed by atoms with Gasteiger partial charge in [-0.1, -0.05) is 12.1 Å². The Morgan fingerprint density at radius 1 is 1.03 bits per heavy atom. The van der Waals surface area contributed by atoms with Gasteiger partial charge in [0, 0.05) is 48.5 Å². The zero-order chi connectivity index (χ0) is 24.7. The van der Waals surface area contributed by atoms with Gasteiger partial charge in [-0.25, -0.2) is 13.4 Å². The van der Waals surface area contributed by atoms with E-state index < -0.39 is 9.84 Å². The molecule has 0 saturated carbocycles. The zero-order valence-electron chi connectivity index (χ0n) is 19.2. The number of morpholine rings is 1. The molecular formula is C24H23N5O5S2. The van der Waals surface area contributed by atoms with Gasteiger partial charge in [-0.05, 0) is 23.8 Å². The van der Waals surface area contributed by atoms with Crippen molar-refractivity contribution >= 4 is 54.8 Å². The van der Waals surface area contributed by atoms with E-state index in [9.17, 15) is 13.2 Å². The van der Waals surface area contributed by atoms with Crippen LogP contribution in [-0.4, -0.2) is 62.9 Å². The molecule has 1 N–H and O–H groups in total. The molecule has 2 saturated heterocycles. The third-order valence-corrected chi connectivity index (χ3v) is 8.68. The molecule has 2 fully saturated rings. The summed E-state index contributed by atoms with van der Waals surface area (Å²) in [6.45, 7) is 3.01. The first-order valence-corrected chi connectivity index (χ1v) is 14.2. The summed E-state index contributed by atoms with van der Waals surface area (Å²) in [5.74, 6) is 1.62. The topological polar surface area (TPSA) is 118 Å². The van der Waals surface area contributed by atoms with Gasteiger partial charge in [0.05, 0.1) is 19.0 Å². The van der Waals surface area contributed by atoms with E-state index in [0.29, 0.717) is 60.8 Å². The number of thiophene rings is 1. The highest BCUT2D eigenvalue weighted by molar-refractivity contribution is 7.91. The van der Waals surface area contributed by atoms with Gasteiger partial charge in [0.2, 0.25) is 11.4 Å². The smallest absolute Gasteiger partial charge is 0.229 e. The van der Waals surface area contributed by atoms with Crippen molar-refractivity contribution < 1.29 is 17.6 Å². The van der Waals surface area contributed by atoms with E-state index in [0.717, 1.165) is 16.8 Å². The minimum atomic E-state index is -3.06. The lowest BCUT2D eigenvalue weighted by molar-refractivity contribution is 0.121. The van der Waals surface area contributed by atoms with Gasteiger partial charge in [0.1, 0.15) is 16.4 Å². The highest BCUT2D eigenvalue weighted by Crippen LogP contribution is 2.35. The Hall–Kier alpha value is -3.48. The molecule has 1 aromatic carbocycles. The van der Waals surface area contributed by atoms with Crippen molar-refractivity contribution in [1.29, 1.82) is 0 Å². The Bertz CT molecular complexity index is 1580. The molecule has 0 bridgehead atoms. The van der Waals surface area contributed by atoms with Crippen LogP contribution >= 0.6 is 11.3 Å². The Kier molecular flexibility index (Phi) is 5.86. The van der Waals surface area contributed by atoms with Crippen LogP contribution in [0.2, 0.25) is 0 Å². The number of anilines is 4. The lowest BCUT2D eigenvalue weighted by atomic mass is 10.1. The number of hydrogen-bond donors (Lipinski definition) is 1. The van der Waals surface area contributed by atoms with Crippen molar-refractivity contribution in [3.63, 3.8) is 0 Å². The van der Waals surface area contributed by atoms with Crippen molar-refractivity contribution in [2.45, 2.75) is 0 Å². The molecule has 36 heavy (non-hydrogen) atoms. The average molecular weight is 526 g/mol. The summed E-state index contributed by atoms with van der Waals surface area (Å²) in [7, 11) is -3.06. The second kappa shape index (κ2) is 9.19. The molecule has 0 unspecified atom stereocenters. The number of rotatable bonds is 5. The second-order valence-electron chi connectivity index (χ2n) is 8.64. The number of benzene rings is 1. The van der Waals surface area contributed by atoms with Crippen molar-refractivity contribution in [3.8, 4) is 11.1 Å². The summed E-state index contributed by atoms with van der Waals surface area (Å²) < 4.78 is 35.8. The highest BCUT2D eigenvalue weighted by atomic mass is 32.2. The van der Waals surface area contributed by atoms with Crippen LogP contribution in [0.5, 0.6) is 0 Å². The highest BCUT2D eigenvalue weighted by Gasteiger charge is 2.26. The molecule has 2 aliphatic heterocycles. The monoisotopic (exact) mass is 525 g/mol. The first-order valence-electron chi connectivity index (χ1n) is 11.5. The van der Waals surface area contributed by atoms with E-state index >= 15 is 0 Å². The molecule has 0 aliphatic carbocycles. The van der Waals surface area contributed by atoms with Crippen molar-refractivity contribution in [3.05, 3.63) is 58.2 Å². The number of hydrogen-bond acceptors (Lipinski definition) is 11. The summed E-state index contributed by atoms with van der Waals surface area (Å²) in [6, 6.07) is 11.0. The van der Waals surface area contributed by atoms with Crippen LogP contribution in [-0.2, 0) is 14.6 Å². The summed E-state index contributed by atoms with van der Waals surface area (Å²) in [6.07, 6.45) is 1.61. The lowest BCUT2D eigenvalue weighted by Gasteiger charge is -2.27. The molecule has 0 spiro atoms. The van der Waals surface area contributed by atoms with Crippen molar-refractivity contribution in [2.24, 2.45) is 0 Å². The summed E-state index contributed by atoms with van der Waals surface area (Å²) >= 11 is 1.38. The maximum absolute atomic E-state index is 12.7. The molecule has 0 atom stereocenters. The molecular weight excluding hydrogens is 502 g/mol. The van der Waals surface area contributed by atoms with Gasteiger partial charge in [0.25, 0.3) is 0 Å². The van der Waals surface area contributed by atoms with Gasteiger partial charge >= 0.3 is 0 Å². The fourth-order valence-corrected chi connectivity index (χ4v) is 6.59. The molecule has 4 aromatic rings. The normalized spacial score (nSPS) is 17.6. The second-order valence-corrected chi connectivity index (χ2v) is 11.7. The van der Waals surface area contributed by atoms with E-state index in [2.05, 4.69) is 15.3 Å². The van der Waals surface area contributed by atoms with Gasteiger partial charge in [0.15, 0.2) is 21.3 Å². The zero-order valence-corrected chi connectivity index (χ0v) is 20.8. The molecule has 0 radical (unpaired) electrons. The summed E-state index contributed by atoms with van der Waals surface area (Å²) in [4.78, 5) is 25.2. The number of sulfone groups is 1. The van der Waals surface area contributed by atoms with Gasteiger partial charge in [-0.15, -0.1) is 11.3 Å². The van der Waals surface area contributed by atoms with Crippen LogP contribution < -0.4 is 20.5 Å². The Balaban J connectivity index is 1.24. The summed E-state index contributed by atoms with van der Waals surface area (Å²) in [5.41, 5.74) is 3.11. The van der Waals surface area contributed by atoms with E-state index in [1.165, 1.54) is 11.3 Å². The number of nitrogens with zero attached hydrogens (tertiary/aromatic N) is 4. The average Bonchev–Trinajstić information content (AvgIpc) is 3.49. The third-order valence-electron chi connectivity index (χ3n) is 6.19. The van der Waals surface area contributed by atoms with Crippen LogP contribution in [0.1, 0.15) is 0 Å². The van der Waals surface area contributed by atoms with Crippen LogP contribution in [0.25, 0.3) is 21.4 Å². The van der Waals surface area contributed by atoms with Crippen LogP contribution in [0.3, 0.4) is 0 Å². The number of aromatic nitrogens is 2. The van der Waals surface area contributed by atoms with Crippen LogP contribution in [0.15, 0.2) is 57.2 Å². The Labute approximate surface area is 211 Å². The molecule has 6 rings (SSSR count). The predicted molar refractivity (Wildman–Crippen MR) is 140 cm³/mol. The van der Waals surface area contributed by atoms with Crippen LogP contribution in [0, 0.1) is 0 Å². The third kappa shape index (κ3) is 4.54. The Morgan fingerprint density at radius 3 is 2.58 bits per heavy atom.